The standard InChI is InChI=1S/C18H22FNO/c1-13-3-2-4-14(11-13)5-10-18(21)17(12-20)15-6-8-16(19)9-7-15/h2-4,6-9,11,17-18,21H,5,10,12,20H2,1H3. The van der Waals surface area contributed by atoms with E-state index in [1.807, 2.05) is 6.07 Å². The van der Waals surface area contributed by atoms with E-state index in [1.165, 1.54) is 23.3 Å². The molecule has 0 aliphatic carbocycles. The highest BCUT2D eigenvalue weighted by Gasteiger charge is 2.19. The lowest BCUT2D eigenvalue weighted by Gasteiger charge is -2.22. The van der Waals surface area contributed by atoms with Crippen LogP contribution in [-0.2, 0) is 6.42 Å². The third-order valence-electron chi connectivity index (χ3n) is 3.83. The molecule has 2 unspecified atom stereocenters. The predicted octanol–water partition coefficient (Wildman–Crippen LogP) is 3.17. The Balaban J connectivity index is 2.00. The van der Waals surface area contributed by atoms with E-state index in [-0.39, 0.29) is 11.7 Å². The van der Waals surface area contributed by atoms with Gasteiger partial charge in [0, 0.05) is 12.5 Å². The first-order valence-corrected chi connectivity index (χ1v) is 7.29. The van der Waals surface area contributed by atoms with Gasteiger partial charge >= 0.3 is 0 Å². The van der Waals surface area contributed by atoms with Gasteiger partial charge in [-0.25, -0.2) is 4.39 Å². The zero-order valence-electron chi connectivity index (χ0n) is 12.3. The fraction of sp³-hybridized carbons (Fsp3) is 0.333. The van der Waals surface area contributed by atoms with Gasteiger partial charge in [0.2, 0.25) is 0 Å². The maximum Gasteiger partial charge on any atom is 0.123 e. The Hall–Kier alpha value is -1.71. The molecule has 0 aliphatic rings. The van der Waals surface area contributed by atoms with Crippen LogP contribution in [0.4, 0.5) is 4.39 Å². The molecule has 2 nitrogen and oxygen atoms in total. The van der Waals surface area contributed by atoms with E-state index < -0.39 is 6.10 Å². The number of hydrogen-bond donors (Lipinski definition) is 2. The molecule has 2 rings (SSSR count). The molecular formula is C18H22FNO. The summed E-state index contributed by atoms with van der Waals surface area (Å²) in [5.41, 5.74) is 9.10. The number of benzene rings is 2. The number of aliphatic hydroxyl groups excluding tert-OH is 1. The predicted molar refractivity (Wildman–Crippen MR) is 83.7 cm³/mol. The fourth-order valence-electron chi connectivity index (χ4n) is 2.61. The van der Waals surface area contributed by atoms with Crippen molar-refractivity contribution in [3.8, 4) is 0 Å². The van der Waals surface area contributed by atoms with E-state index >= 15 is 0 Å². The van der Waals surface area contributed by atoms with Crippen molar-refractivity contribution in [1.29, 1.82) is 0 Å². The minimum absolute atomic E-state index is 0.157. The maximum absolute atomic E-state index is 13.0. The molecule has 2 aromatic rings. The van der Waals surface area contributed by atoms with Gasteiger partial charge in [-0.3, -0.25) is 0 Å². The average molecular weight is 287 g/mol. The molecule has 0 saturated carbocycles. The Morgan fingerprint density at radius 3 is 2.48 bits per heavy atom. The van der Waals surface area contributed by atoms with Crippen molar-refractivity contribution in [3.63, 3.8) is 0 Å². The highest BCUT2D eigenvalue weighted by atomic mass is 19.1. The van der Waals surface area contributed by atoms with E-state index in [2.05, 4.69) is 25.1 Å². The lowest BCUT2D eigenvalue weighted by molar-refractivity contribution is 0.136. The summed E-state index contributed by atoms with van der Waals surface area (Å²) in [6.07, 6.45) is 0.921. The van der Waals surface area contributed by atoms with Gasteiger partial charge in [0.25, 0.3) is 0 Å². The van der Waals surface area contributed by atoms with Gasteiger partial charge in [0.1, 0.15) is 5.82 Å². The number of nitrogens with two attached hydrogens (primary N) is 1. The smallest absolute Gasteiger partial charge is 0.123 e. The van der Waals surface area contributed by atoms with Crippen molar-refractivity contribution in [2.45, 2.75) is 31.8 Å². The van der Waals surface area contributed by atoms with Crippen molar-refractivity contribution in [2.24, 2.45) is 5.73 Å². The van der Waals surface area contributed by atoms with Gasteiger partial charge < -0.3 is 10.8 Å². The summed E-state index contributed by atoms with van der Waals surface area (Å²) < 4.78 is 13.0. The van der Waals surface area contributed by atoms with E-state index in [1.54, 1.807) is 12.1 Å². The Labute approximate surface area is 125 Å². The van der Waals surface area contributed by atoms with Crippen molar-refractivity contribution in [3.05, 3.63) is 71.0 Å². The molecule has 21 heavy (non-hydrogen) atoms. The molecule has 0 bridgehead atoms. The van der Waals surface area contributed by atoms with Crippen LogP contribution >= 0.6 is 0 Å². The minimum Gasteiger partial charge on any atom is -0.392 e. The fourth-order valence-corrected chi connectivity index (χ4v) is 2.61. The normalized spacial score (nSPS) is 13.9. The maximum atomic E-state index is 13.0. The minimum atomic E-state index is -0.527. The van der Waals surface area contributed by atoms with Crippen LogP contribution < -0.4 is 5.73 Å². The van der Waals surface area contributed by atoms with Crippen molar-refractivity contribution in [1.82, 2.24) is 0 Å². The summed E-state index contributed by atoms with van der Waals surface area (Å²) in [5, 5.41) is 10.4. The Kier molecular flexibility index (Phi) is 5.48. The molecule has 2 atom stereocenters. The molecule has 0 radical (unpaired) electrons. The number of halogens is 1. The number of hydrogen-bond acceptors (Lipinski definition) is 2. The van der Waals surface area contributed by atoms with Crippen LogP contribution in [0.1, 0.15) is 29.0 Å². The molecule has 0 amide bonds. The van der Waals surface area contributed by atoms with Crippen LogP contribution in [0.3, 0.4) is 0 Å². The van der Waals surface area contributed by atoms with Gasteiger partial charge in [-0.15, -0.1) is 0 Å². The van der Waals surface area contributed by atoms with Crippen LogP contribution in [0, 0.1) is 12.7 Å². The topological polar surface area (TPSA) is 46.2 Å². The highest BCUT2D eigenvalue weighted by molar-refractivity contribution is 5.24. The molecular weight excluding hydrogens is 265 g/mol. The van der Waals surface area contributed by atoms with E-state index in [9.17, 15) is 9.50 Å². The molecule has 0 aliphatic heterocycles. The largest absolute Gasteiger partial charge is 0.392 e. The molecule has 0 aromatic heterocycles. The third kappa shape index (κ3) is 4.38. The first-order chi connectivity index (χ1) is 10.1. The summed E-state index contributed by atoms with van der Waals surface area (Å²) in [4.78, 5) is 0. The summed E-state index contributed by atoms with van der Waals surface area (Å²) in [6, 6.07) is 14.5. The first-order valence-electron chi connectivity index (χ1n) is 7.29. The molecule has 3 N–H and O–H groups in total. The van der Waals surface area contributed by atoms with E-state index in [4.69, 9.17) is 5.73 Å². The summed E-state index contributed by atoms with van der Waals surface area (Å²) in [6.45, 7) is 2.40. The van der Waals surface area contributed by atoms with Crippen molar-refractivity contribution in [2.75, 3.05) is 6.54 Å². The first kappa shape index (κ1) is 15.7. The number of aryl methyl sites for hydroxylation is 2. The van der Waals surface area contributed by atoms with E-state index in [0.717, 1.165) is 12.0 Å². The Morgan fingerprint density at radius 2 is 1.86 bits per heavy atom. The van der Waals surface area contributed by atoms with Gasteiger partial charge in [0.05, 0.1) is 6.10 Å². The second-order valence-electron chi connectivity index (χ2n) is 5.49. The zero-order chi connectivity index (χ0) is 15.2. The second-order valence-corrected chi connectivity index (χ2v) is 5.49. The molecule has 2 aromatic carbocycles. The number of rotatable bonds is 6. The second kappa shape index (κ2) is 7.34. The molecule has 0 saturated heterocycles. The van der Waals surface area contributed by atoms with Crippen LogP contribution in [0.25, 0.3) is 0 Å². The van der Waals surface area contributed by atoms with Crippen molar-refractivity contribution >= 4 is 0 Å². The van der Waals surface area contributed by atoms with Gasteiger partial charge in [-0.2, -0.15) is 0 Å². The van der Waals surface area contributed by atoms with Crippen LogP contribution in [0.5, 0.6) is 0 Å². The van der Waals surface area contributed by atoms with Gasteiger partial charge in [-0.05, 0) is 43.0 Å². The zero-order valence-corrected chi connectivity index (χ0v) is 12.3. The number of aliphatic hydroxyl groups is 1. The van der Waals surface area contributed by atoms with Gasteiger partial charge in [-0.1, -0.05) is 42.0 Å². The summed E-state index contributed by atoms with van der Waals surface area (Å²) >= 11 is 0. The molecule has 0 spiro atoms. The summed E-state index contributed by atoms with van der Waals surface area (Å²) in [7, 11) is 0. The monoisotopic (exact) mass is 287 g/mol. The molecule has 3 heteroatoms. The Bertz CT molecular complexity index is 568. The highest BCUT2D eigenvalue weighted by Crippen LogP contribution is 2.22. The lowest BCUT2D eigenvalue weighted by Crippen LogP contribution is -2.26. The quantitative estimate of drug-likeness (QED) is 0.857. The SMILES string of the molecule is Cc1cccc(CCC(O)C(CN)c2ccc(F)cc2)c1. The Morgan fingerprint density at radius 1 is 1.14 bits per heavy atom. The van der Waals surface area contributed by atoms with E-state index in [0.29, 0.717) is 13.0 Å². The molecule has 0 heterocycles. The molecule has 112 valence electrons. The average Bonchev–Trinajstić information content (AvgIpc) is 2.48. The van der Waals surface area contributed by atoms with Crippen LogP contribution in [0.2, 0.25) is 0 Å². The summed E-state index contributed by atoms with van der Waals surface area (Å²) in [5.74, 6) is -0.431. The van der Waals surface area contributed by atoms with Crippen LogP contribution in [0.15, 0.2) is 48.5 Å². The van der Waals surface area contributed by atoms with Crippen LogP contribution in [-0.4, -0.2) is 17.8 Å². The third-order valence-corrected chi connectivity index (χ3v) is 3.83. The van der Waals surface area contributed by atoms with Crippen molar-refractivity contribution < 1.29 is 9.50 Å². The molecule has 0 fully saturated rings. The lowest BCUT2D eigenvalue weighted by atomic mass is 9.90. The van der Waals surface area contributed by atoms with Gasteiger partial charge in [0.15, 0.2) is 0 Å².